The van der Waals surface area contributed by atoms with Crippen LogP contribution in [0.5, 0.6) is 11.5 Å². The summed E-state index contributed by atoms with van der Waals surface area (Å²) < 4.78 is 17.4. The fourth-order valence-corrected chi connectivity index (χ4v) is 3.71. The highest BCUT2D eigenvalue weighted by Crippen LogP contribution is 2.32. The number of carbonyl (C=O) groups excluding carboxylic acids is 1. The van der Waals surface area contributed by atoms with Crippen molar-refractivity contribution < 1.29 is 19.0 Å². The minimum Gasteiger partial charge on any atom is -0.490 e. The van der Waals surface area contributed by atoms with E-state index in [9.17, 15) is 4.79 Å². The Kier molecular flexibility index (Phi) is 9.02. The molecule has 8 heteroatoms. The van der Waals surface area contributed by atoms with E-state index in [4.69, 9.17) is 14.2 Å². The lowest BCUT2D eigenvalue weighted by Gasteiger charge is -2.20. The van der Waals surface area contributed by atoms with Crippen molar-refractivity contribution in [3.63, 3.8) is 0 Å². The number of rotatable bonds is 8. The molecule has 0 saturated heterocycles. The minimum absolute atomic E-state index is 0.0374. The van der Waals surface area contributed by atoms with Crippen LogP contribution in [0.15, 0.2) is 23.2 Å². The van der Waals surface area contributed by atoms with Crippen molar-refractivity contribution >= 4 is 17.6 Å². The molecule has 3 rings (SSSR count). The van der Waals surface area contributed by atoms with E-state index in [1.807, 2.05) is 39.0 Å². The molecule has 3 N–H and O–H groups in total. The van der Waals surface area contributed by atoms with Gasteiger partial charge in [0, 0.05) is 36.9 Å². The SMILES string of the molecule is CC(C)(C)NC(=O)CN=C(NCCCOC1CCCC1)Nc1ccc2c(c1)OCCCO2. The van der Waals surface area contributed by atoms with Gasteiger partial charge in [-0.1, -0.05) is 12.8 Å². The number of benzene rings is 1. The molecular weight excluding hydrogens is 408 g/mol. The Bertz CT molecular complexity index is 770. The number of guanidine groups is 1. The Morgan fingerprint density at radius 3 is 2.62 bits per heavy atom. The van der Waals surface area contributed by atoms with Crippen molar-refractivity contribution in [1.29, 1.82) is 0 Å². The number of ether oxygens (including phenoxy) is 3. The summed E-state index contributed by atoms with van der Waals surface area (Å²) in [4.78, 5) is 16.7. The van der Waals surface area contributed by atoms with Gasteiger partial charge in [-0.25, -0.2) is 4.99 Å². The average molecular weight is 447 g/mol. The topological polar surface area (TPSA) is 93.2 Å². The Balaban J connectivity index is 1.57. The molecule has 178 valence electrons. The summed E-state index contributed by atoms with van der Waals surface area (Å²) in [6.45, 7) is 8.60. The molecule has 2 aliphatic rings. The lowest BCUT2D eigenvalue weighted by Crippen LogP contribution is -2.42. The molecule has 1 aliphatic heterocycles. The van der Waals surface area contributed by atoms with Crippen LogP contribution in [0.1, 0.15) is 59.3 Å². The Morgan fingerprint density at radius 2 is 1.88 bits per heavy atom. The van der Waals surface area contributed by atoms with Gasteiger partial charge in [-0.3, -0.25) is 4.79 Å². The number of amides is 1. The highest BCUT2D eigenvalue weighted by Gasteiger charge is 2.16. The van der Waals surface area contributed by atoms with Crippen molar-refractivity contribution in [1.82, 2.24) is 10.6 Å². The second-order valence-electron chi connectivity index (χ2n) is 9.36. The maximum Gasteiger partial charge on any atom is 0.242 e. The monoisotopic (exact) mass is 446 g/mol. The highest BCUT2D eigenvalue weighted by molar-refractivity contribution is 5.95. The number of anilines is 1. The molecular formula is C24H38N4O4. The summed E-state index contributed by atoms with van der Waals surface area (Å²) in [5, 5.41) is 9.53. The van der Waals surface area contributed by atoms with E-state index in [-0.39, 0.29) is 18.0 Å². The Hall–Kier alpha value is -2.48. The molecule has 1 fully saturated rings. The summed E-state index contributed by atoms with van der Waals surface area (Å²) in [6.07, 6.45) is 7.04. The van der Waals surface area contributed by atoms with Crippen LogP contribution in [0.3, 0.4) is 0 Å². The van der Waals surface area contributed by atoms with Crippen LogP contribution >= 0.6 is 0 Å². The van der Waals surface area contributed by atoms with Crippen LogP contribution in [0.25, 0.3) is 0 Å². The normalized spacial score (nSPS) is 17.0. The number of hydrogen-bond donors (Lipinski definition) is 3. The van der Waals surface area contributed by atoms with Crippen molar-refractivity contribution in [3.05, 3.63) is 18.2 Å². The molecule has 1 saturated carbocycles. The first-order chi connectivity index (χ1) is 15.4. The van der Waals surface area contributed by atoms with Gasteiger partial charge < -0.3 is 30.2 Å². The molecule has 0 atom stereocenters. The van der Waals surface area contributed by atoms with E-state index < -0.39 is 0 Å². The number of nitrogens with zero attached hydrogens (tertiary/aromatic N) is 1. The minimum atomic E-state index is -0.292. The number of hydrogen-bond acceptors (Lipinski definition) is 5. The fourth-order valence-electron chi connectivity index (χ4n) is 3.71. The van der Waals surface area contributed by atoms with Crippen molar-refractivity contribution in [2.24, 2.45) is 4.99 Å². The van der Waals surface area contributed by atoms with Gasteiger partial charge in [0.25, 0.3) is 0 Å². The third-order valence-corrected chi connectivity index (χ3v) is 5.17. The van der Waals surface area contributed by atoms with E-state index in [1.165, 1.54) is 25.7 Å². The first-order valence-corrected chi connectivity index (χ1v) is 11.8. The predicted octanol–water partition coefficient (Wildman–Crippen LogP) is 3.47. The van der Waals surface area contributed by atoms with E-state index >= 15 is 0 Å². The second kappa shape index (κ2) is 11.9. The molecule has 0 bridgehead atoms. The van der Waals surface area contributed by atoms with Crippen LogP contribution in [0.2, 0.25) is 0 Å². The third-order valence-electron chi connectivity index (χ3n) is 5.17. The van der Waals surface area contributed by atoms with Gasteiger partial charge in [0.1, 0.15) is 6.54 Å². The van der Waals surface area contributed by atoms with Crippen LogP contribution < -0.4 is 25.4 Å². The van der Waals surface area contributed by atoms with Gasteiger partial charge in [0.15, 0.2) is 17.5 Å². The zero-order valence-corrected chi connectivity index (χ0v) is 19.7. The maximum absolute atomic E-state index is 12.2. The quantitative estimate of drug-likeness (QED) is 0.322. The van der Waals surface area contributed by atoms with Crippen LogP contribution in [0.4, 0.5) is 5.69 Å². The van der Waals surface area contributed by atoms with Gasteiger partial charge in [-0.2, -0.15) is 0 Å². The molecule has 1 aromatic carbocycles. The van der Waals surface area contributed by atoms with Crippen molar-refractivity contribution in [2.75, 3.05) is 38.2 Å². The summed E-state index contributed by atoms with van der Waals surface area (Å²) in [5.74, 6) is 1.88. The Labute approximate surface area is 191 Å². The summed E-state index contributed by atoms with van der Waals surface area (Å²) in [5.41, 5.74) is 0.526. The largest absolute Gasteiger partial charge is 0.490 e. The number of carbonyl (C=O) groups is 1. The highest BCUT2D eigenvalue weighted by atomic mass is 16.5. The first kappa shape index (κ1) is 24.2. The molecule has 1 heterocycles. The fraction of sp³-hybridized carbons (Fsp3) is 0.667. The van der Waals surface area contributed by atoms with Crippen molar-refractivity contribution in [2.45, 2.75) is 70.9 Å². The molecule has 0 unspecified atom stereocenters. The Morgan fingerprint density at radius 1 is 1.12 bits per heavy atom. The molecule has 32 heavy (non-hydrogen) atoms. The second-order valence-corrected chi connectivity index (χ2v) is 9.36. The van der Waals surface area contributed by atoms with Gasteiger partial charge in [-0.05, 0) is 52.2 Å². The van der Waals surface area contributed by atoms with Crippen LogP contribution in [0, 0.1) is 0 Å². The maximum atomic E-state index is 12.2. The first-order valence-electron chi connectivity index (χ1n) is 11.8. The predicted molar refractivity (Wildman–Crippen MR) is 127 cm³/mol. The van der Waals surface area contributed by atoms with Gasteiger partial charge >= 0.3 is 0 Å². The lowest BCUT2D eigenvalue weighted by atomic mass is 10.1. The molecule has 1 aliphatic carbocycles. The third kappa shape index (κ3) is 8.57. The lowest BCUT2D eigenvalue weighted by molar-refractivity contribution is -0.121. The summed E-state index contributed by atoms with van der Waals surface area (Å²) in [6, 6.07) is 5.71. The van der Waals surface area contributed by atoms with E-state index in [0.29, 0.717) is 37.6 Å². The molecule has 0 spiro atoms. The number of fused-ring (bicyclic) bond motifs is 1. The van der Waals surface area contributed by atoms with E-state index in [0.717, 1.165) is 30.9 Å². The van der Waals surface area contributed by atoms with Crippen LogP contribution in [-0.4, -0.2) is 56.4 Å². The molecule has 1 aromatic rings. The molecule has 0 aromatic heterocycles. The average Bonchev–Trinajstić information content (AvgIpc) is 3.14. The van der Waals surface area contributed by atoms with E-state index in [2.05, 4.69) is 20.9 Å². The molecule has 0 radical (unpaired) electrons. The van der Waals surface area contributed by atoms with Gasteiger partial charge in [-0.15, -0.1) is 0 Å². The molecule has 1 amide bonds. The number of aliphatic imine (C=N–C) groups is 1. The zero-order chi connectivity index (χ0) is 22.8. The summed E-state index contributed by atoms with van der Waals surface area (Å²) in [7, 11) is 0. The summed E-state index contributed by atoms with van der Waals surface area (Å²) >= 11 is 0. The smallest absolute Gasteiger partial charge is 0.242 e. The standard InChI is InChI=1S/C24H38N4O4/c1-24(2,3)28-22(29)17-26-23(25-12-6-13-30-19-8-4-5-9-19)27-18-10-11-20-21(16-18)32-15-7-14-31-20/h10-11,16,19H,4-9,12-15,17H2,1-3H3,(H,28,29)(H2,25,26,27). The van der Waals surface area contributed by atoms with Gasteiger partial charge in [0.2, 0.25) is 5.91 Å². The van der Waals surface area contributed by atoms with E-state index in [1.54, 1.807) is 0 Å². The molecule has 8 nitrogen and oxygen atoms in total. The van der Waals surface area contributed by atoms with Crippen LogP contribution in [-0.2, 0) is 9.53 Å². The van der Waals surface area contributed by atoms with Crippen molar-refractivity contribution in [3.8, 4) is 11.5 Å². The van der Waals surface area contributed by atoms with Gasteiger partial charge in [0.05, 0.1) is 19.3 Å². The zero-order valence-electron chi connectivity index (χ0n) is 19.7. The number of nitrogens with one attached hydrogen (secondary N) is 3.